The molecule has 40 heavy (non-hydrogen) atoms. The highest BCUT2D eigenvalue weighted by Crippen LogP contribution is 2.42. The number of para-hydroxylation sites is 2. The van der Waals surface area contributed by atoms with Crippen LogP contribution >= 0.6 is 23.4 Å². The van der Waals surface area contributed by atoms with Gasteiger partial charge in [0.2, 0.25) is 5.91 Å². The summed E-state index contributed by atoms with van der Waals surface area (Å²) in [5, 5.41) is 20.0. The Labute approximate surface area is 241 Å². The molecule has 0 fully saturated rings. The van der Waals surface area contributed by atoms with Crippen molar-refractivity contribution in [2.24, 2.45) is 0 Å². The molecule has 2 aromatic carbocycles. The van der Waals surface area contributed by atoms with Crippen LogP contribution in [-0.4, -0.2) is 31.8 Å². The van der Waals surface area contributed by atoms with Crippen molar-refractivity contribution in [3.05, 3.63) is 93.0 Å². The summed E-state index contributed by atoms with van der Waals surface area (Å²) in [5.74, 6) is 0.464. The van der Waals surface area contributed by atoms with Gasteiger partial charge in [-0.1, -0.05) is 35.5 Å². The number of methoxy groups -OCH3 is 2. The van der Waals surface area contributed by atoms with Crippen molar-refractivity contribution in [1.29, 1.82) is 5.26 Å². The van der Waals surface area contributed by atoms with Crippen molar-refractivity contribution in [1.82, 2.24) is 5.32 Å². The quantitative estimate of drug-likeness (QED) is 0.284. The molecule has 3 N–H and O–H groups in total. The highest BCUT2D eigenvalue weighted by atomic mass is 35.5. The Morgan fingerprint density at radius 3 is 2.45 bits per heavy atom. The van der Waals surface area contributed by atoms with Gasteiger partial charge in [0.05, 0.1) is 59.5 Å². The Morgan fingerprint density at radius 1 is 1.05 bits per heavy atom. The number of carbonyl (C=O) groups is 2. The van der Waals surface area contributed by atoms with Crippen LogP contribution in [0.5, 0.6) is 11.5 Å². The Kier molecular flexibility index (Phi) is 9.09. The van der Waals surface area contributed by atoms with E-state index in [0.29, 0.717) is 55.7 Å². The lowest BCUT2D eigenvalue weighted by Gasteiger charge is -2.28. The summed E-state index contributed by atoms with van der Waals surface area (Å²) in [6.45, 7) is 3.53. The molecule has 206 valence electrons. The molecule has 3 aromatic rings. The smallest absolute Gasteiger partial charge is 0.254 e. The summed E-state index contributed by atoms with van der Waals surface area (Å²) in [6, 6.07) is 17.7. The van der Waals surface area contributed by atoms with E-state index in [4.69, 9.17) is 25.5 Å². The molecule has 9 nitrogen and oxygen atoms in total. The number of dihydropyridines is 1. The topological polar surface area (TPSA) is 126 Å². The summed E-state index contributed by atoms with van der Waals surface area (Å²) in [7, 11) is 3.02. The molecule has 0 aliphatic carbocycles. The maximum Gasteiger partial charge on any atom is 0.254 e. The molecule has 0 radical (unpaired) electrons. The molecule has 0 saturated carbocycles. The molecule has 11 heteroatoms. The van der Waals surface area contributed by atoms with Gasteiger partial charge in [-0.25, -0.2) is 0 Å². The minimum absolute atomic E-state index is 0.0247. The average molecular weight is 579 g/mol. The van der Waals surface area contributed by atoms with Crippen LogP contribution in [0.25, 0.3) is 0 Å². The van der Waals surface area contributed by atoms with E-state index in [2.05, 4.69) is 22.0 Å². The third kappa shape index (κ3) is 6.28. The molecule has 1 aliphatic heterocycles. The molecule has 0 unspecified atom stereocenters. The molecule has 0 spiro atoms. The molecule has 2 amide bonds. The first-order valence-electron chi connectivity index (χ1n) is 12.1. The number of allylic oxidation sites excluding steroid dienone is 2. The number of aryl methyl sites for hydroxylation is 1. The maximum atomic E-state index is 13.6. The Bertz CT molecular complexity index is 1560. The number of halogens is 1. The van der Waals surface area contributed by atoms with Crippen molar-refractivity contribution in [3.8, 4) is 17.6 Å². The van der Waals surface area contributed by atoms with Gasteiger partial charge in [0.25, 0.3) is 5.91 Å². The predicted molar refractivity (Wildman–Crippen MR) is 155 cm³/mol. The number of nitrogens with one attached hydrogen (secondary N) is 3. The highest BCUT2D eigenvalue weighted by molar-refractivity contribution is 8.03. The third-order valence-electron chi connectivity index (χ3n) is 6.08. The number of hydrogen-bond donors (Lipinski definition) is 3. The molecule has 1 aliphatic rings. The number of carbonyl (C=O) groups excluding carboxylic acids is 2. The van der Waals surface area contributed by atoms with Gasteiger partial charge in [0.15, 0.2) is 0 Å². The summed E-state index contributed by atoms with van der Waals surface area (Å²) in [5.41, 5.74) is 2.00. The zero-order valence-corrected chi connectivity index (χ0v) is 23.8. The lowest BCUT2D eigenvalue weighted by molar-refractivity contribution is -0.114. The average Bonchev–Trinajstić information content (AvgIpc) is 3.37. The van der Waals surface area contributed by atoms with E-state index >= 15 is 0 Å². The van der Waals surface area contributed by atoms with E-state index in [9.17, 15) is 14.9 Å². The maximum absolute atomic E-state index is 13.6. The van der Waals surface area contributed by atoms with E-state index in [0.717, 1.165) is 11.8 Å². The lowest BCUT2D eigenvalue weighted by atomic mass is 9.85. The van der Waals surface area contributed by atoms with Crippen LogP contribution in [-0.2, 0) is 9.59 Å². The van der Waals surface area contributed by atoms with Crippen LogP contribution in [0, 0.1) is 18.3 Å². The zero-order valence-electron chi connectivity index (χ0n) is 22.3. The molecule has 0 bridgehead atoms. The van der Waals surface area contributed by atoms with Gasteiger partial charge >= 0.3 is 0 Å². The first kappa shape index (κ1) is 28.7. The van der Waals surface area contributed by atoms with E-state index in [1.54, 1.807) is 68.4 Å². The Balaban J connectivity index is 1.62. The molecule has 1 atom stereocenters. The summed E-state index contributed by atoms with van der Waals surface area (Å²) in [6.07, 6.45) is 0. The van der Waals surface area contributed by atoms with Crippen LogP contribution < -0.4 is 25.4 Å². The van der Waals surface area contributed by atoms with Gasteiger partial charge in [-0.15, -0.1) is 0 Å². The van der Waals surface area contributed by atoms with Crippen LogP contribution in [0.3, 0.4) is 0 Å². The monoisotopic (exact) mass is 578 g/mol. The second-order valence-electron chi connectivity index (χ2n) is 8.74. The second kappa shape index (κ2) is 12.7. The highest BCUT2D eigenvalue weighted by Gasteiger charge is 2.37. The van der Waals surface area contributed by atoms with Gasteiger partial charge in [0, 0.05) is 10.7 Å². The van der Waals surface area contributed by atoms with Crippen molar-refractivity contribution in [2.75, 3.05) is 30.6 Å². The largest absolute Gasteiger partial charge is 0.495 e. The van der Waals surface area contributed by atoms with Gasteiger partial charge in [-0.2, -0.15) is 5.26 Å². The number of nitrogens with zero attached hydrogens (tertiary/aromatic N) is 1. The predicted octanol–water partition coefficient (Wildman–Crippen LogP) is 5.97. The second-order valence-corrected chi connectivity index (χ2v) is 10.2. The number of thioether (sulfide) groups is 1. The number of nitriles is 1. The van der Waals surface area contributed by atoms with Gasteiger partial charge in [-0.05, 0) is 56.3 Å². The van der Waals surface area contributed by atoms with Crippen LogP contribution in [0.15, 0.2) is 80.9 Å². The van der Waals surface area contributed by atoms with Crippen molar-refractivity contribution in [2.45, 2.75) is 19.8 Å². The van der Waals surface area contributed by atoms with Gasteiger partial charge in [-0.3, -0.25) is 9.59 Å². The normalized spacial score (nSPS) is 14.8. The summed E-state index contributed by atoms with van der Waals surface area (Å²) >= 11 is 7.21. The van der Waals surface area contributed by atoms with Crippen LogP contribution in [0.1, 0.15) is 24.4 Å². The minimum Gasteiger partial charge on any atom is -0.495 e. The standard InChI is InChI=1S/C29H27ClN4O5S/c1-16-9-11-24(39-16)27-19(14-31)29(40-15-25(35)33-21-13-18(30)10-12-23(21)38-4)32-17(2)26(27)28(36)34-20-7-5-6-8-22(20)37-3/h5-13,27,32H,15H2,1-4H3,(H,33,35)(H,34,36)/t27-/m1/s1. The summed E-state index contributed by atoms with van der Waals surface area (Å²) in [4.78, 5) is 26.5. The molecular formula is C29H27ClN4O5S. The number of furan rings is 1. The third-order valence-corrected chi connectivity index (χ3v) is 7.33. The number of amides is 2. The first-order valence-corrected chi connectivity index (χ1v) is 13.5. The fraction of sp³-hybridized carbons (Fsp3) is 0.207. The van der Waals surface area contributed by atoms with Gasteiger partial charge in [0.1, 0.15) is 23.0 Å². The number of rotatable bonds is 9. The van der Waals surface area contributed by atoms with E-state index in [-0.39, 0.29) is 17.2 Å². The zero-order chi connectivity index (χ0) is 28.8. The molecule has 0 saturated heterocycles. The number of hydrogen-bond acceptors (Lipinski definition) is 8. The summed E-state index contributed by atoms with van der Waals surface area (Å²) < 4.78 is 16.6. The first-order chi connectivity index (χ1) is 19.2. The van der Waals surface area contributed by atoms with Gasteiger partial charge < -0.3 is 29.8 Å². The van der Waals surface area contributed by atoms with E-state index < -0.39 is 11.8 Å². The van der Waals surface area contributed by atoms with Crippen molar-refractivity contribution < 1.29 is 23.5 Å². The SMILES string of the molecule is COc1ccc(Cl)cc1NC(=O)CSC1=C(C#N)[C@H](c2ccc(C)o2)C(C(=O)Nc2ccccc2OC)=C(C)N1. The van der Waals surface area contributed by atoms with Crippen LogP contribution in [0.4, 0.5) is 11.4 Å². The van der Waals surface area contributed by atoms with Crippen molar-refractivity contribution in [3.63, 3.8) is 0 Å². The Hall–Kier alpha value is -4.33. The number of anilines is 2. The Morgan fingerprint density at radius 2 is 1.77 bits per heavy atom. The molecular weight excluding hydrogens is 552 g/mol. The molecule has 2 heterocycles. The van der Waals surface area contributed by atoms with Crippen molar-refractivity contribution >= 4 is 46.6 Å². The fourth-order valence-corrected chi connectivity index (χ4v) is 5.32. The molecule has 4 rings (SSSR count). The lowest BCUT2D eigenvalue weighted by Crippen LogP contribution is -2.31. The fourth-order valence-electron chi connectivity index (χ4n) is 4.26. The van der Waals surface area contributed by atoms with E-state index in [1.165, 1.54) is 14.2 Å². The van der Waals surface area contributed by atoms with Crippen LogP contribution in [0.2, 0.25) is 5.02 Å². The minimum atomic E-state index is -0.798. The number of ether oxygens (including phenoxy) is 2. The number of benzene rings is 2. The molecule has 1 aromatic heterocycles. The van der Waals surface area contributed by atoms with E-state index in [1.807, 2.05) is 0 Å².